The van der Waals surface area contributed by atoms with Crippen LogP contribution in [-0.4, -0.2) is 43.6 Å². The summed E-state index contributed by atoms with van der Waals surface area (Å²) >= 11 is 0. The summed E-state index contributed by atoms with van der Waals surface area (Å²) in [5.74, 6) is 1.41. The van der Waals surface area contributed by atoms with Crippen LogP contribution in [0.1, 0.15) is 52.4 Å². The second kappa shape index (κ2) is 4.90. The molecular weight excluding hydrogens is 278 g/mol. The first-order valence-corrected chi connectivity index (χ1v) is 7.76. The van der Waals surface area contributed by atoms with Gasteiger partial charge in [-0.15, -0.1) is 0 Å². The fourth-order valence-corrected chi connectivity index (χ4v) is 2.97. The molecule has 6 heteroatoms. The van der Waals surface area contributed by atoms with Crippen LogP contribution in [0.4, 0.5) is 0 Å². The Morgan fingerprint density at radius 1 is 1.18 bits per heavy atom. The van der Waals surface area contributed by atoms with Crippen LogP contribution in [0.25, 0.3) is 0 Å². The van der Waals surface area contributed by atoms with Crippen LogP contribution in [0.2, 0.25) is 0 Å². The third-order valence-electron chi connectivity index (χ3n) is 4.40. The minimum atomic E-state index is 0.0140. The largest absolute Gasteiger partial charge is 0.334 e. The molecule has 2 aliphatic rings. The van der Waals surface area contributed by atoms with Gasteiger partial charge in [-0.05, 0) is 32.8 Å². The van der Waals surface area contributed by atoms with Gasteiger partial charge in [0.1, 0.15) is 5.82 Å². The number of carbonyl (C=O) groups is 1. The summed E-state index contributed by atoms with van der Waals surface area (Å²) in [6.45, 7) is 5.44. The van der Waals surface area contributed by atoms with Crippen molar-refractivity contribution in [1.82, 2.24) is 24.6 Å². The average molecular weight is 297 g/mol. The van der Waals surface area contributed by atoms with E-state index < -0.39 is 0 Å². The lowest BCUT2D eigenvalue weighted by Crippen LogP contribution is -2.51. The first-order valence-electron chi connectivity index (χ1n) is 7.76. The van der Waals surface area contributed by atoms with E-state index >= 15 is 0 Å². The van der Waals surface area contributed by atoms with Gasteiger partial charge in [0.2, 0.25) is 0 Å². The van der Waals surface area contributed by atoms with Crippen LogP contribution < -0.4 is 0 Å². The zero-order chi connectivity index (χ0) is 15.3. The summed E-state index contributed by atoms with van der Waals surface area (Å²) in [6.07, 6.45) is 5.67. The molecule has 1 aliphatic heterocycles. The lowest BCUT2D eigenvalue weighted by molar-refractivity contribution is 0.0496. The molecule has 0 spiro atoms. The Morgan fingerprint density at radius 3 is 2.41 bits per heavy atom. The molecule has 0 radical (unpaired) electrons. The Balaban J connectivity index is 1.41. The molecule has 1 saturated carbocycles. The van der Waals surface area contributed by atoms with Gasteiger partial charge in [-0.1, -0.05) is 0 Å². The van der Waals surface area contributed by atoms with Crippen LogP contribution >= 0.6 is 0 Å². The summed E-state index contributed by atoms with van der Waals surface area (Å²) in [5, 5.41) is 4.49. The number of hydrogen-bond donors (Lipinski definition) is 0. The van der Waals surface area contributed by atoms with Crippen molar-refractivity contribution in [1.29, 1.82) is 0 Å². The molecule has 4 rings (SSSR count). The van der Waals surface area contributed by atoms with Gasteiger partial charge < -0.3 is 4.90 Å². The maximum atomic E-state index is 12.4. The maximum absolute atomic E-state index is 12.4. The Kier molecular flexibility index (Phi) is 2.99. The van der Waals surface area contributed by atoms with Crippen LogP contribution in [-0.2, 0) is 0 Å². The number of rotatable bonds is 3. The average Bonchev–Trinajstić information content (AvgIpc) is 3.24. The fourth-order valence-electron chi connectivity index (χ4n) is 2.97. The molecule has 2 aromatic heterocycles. The monoisotopic (exact) mass is 297 g/mol. The number of aryl methyl sites for hydroxylation is 2. The van der Waals surface area contributed by atoms with E-state index in [1.165, 1.54) is 12.8 Å². The predicted molar refractivity (Wildman–Crippen MR) is 80.6 cm³/mol. The number of amides is 1. The van der Waals surface area contributed by atoms with Gasteiger partial charge in [-0.2, -0.15) is 5.10 Å². The number of carbonyl (C=O) groups excluding carboxylic acids is 1. The van der Waals surface area contributed by atoms with Crippen LogP contribution in [0, 0.1) is 13.8 Å². The highest BCUT2D eigenvalue weighted by molar-refractivity contribution is 5.94. The second-order valence-corrected chi connectivity index (χ2v) is 6.34. The molecule has 3 heterocycles. The van der Waals surface area contributed by atoms with Crippen LogP contribution in [0.3, 0.4) is 0 Å². The highest BCUT2D eigenvalue weighted by Crippen LogP contribution is 2.37. The van der Waals surface area contributed by atoms with Gasteiger partial charge >= 0.3 is 0 Å². The molecule has 2 aromatic rings. The normalized spacial score (nSPS) is 18.4. The molecule has 0 bridgehead atoms. The standard InChI is InChI=1S/C16H19N5O/c1-10-5-11(2)21(19-10)14-8-20(9-14)16(22)13-6-17-15(18-7-13)12-3-4-12/h5-7,12,14H,3-4,8-9H2,1-2H3. The van der Waals surface area contributed by atoms with E-state index in [0.29, 0.717) is 24.6 Å². The maximum Gasteiger partial charge on any atom is 0.257 e. The zero-order valence-electron chi connectivity index (χ0n) is 12.9. The third kappa shape index (κ3) is 2.28. The number of aromatic nitrogens is 4. The minimum Gasteiger partial charge on any atom is -0.334 e. The highest BCUT2D eigenvalue weighted by Gasteiger charge is 2.34. The quantitative estimate of drug-likeness (QED) is 0.867. The molecule has 6 nitrogen and oxygen atoms in total. The van der Waals surface area contributed by atoms with Gasteiger partial charge in [-0.3, -0.25) is 9.48 Å². The molecule has 1 amide bonds. The predicted octanol–water partition coefficient (Wildman–Crippen LogP) is 1.86. The van der Waals surface area contributed by atoms with Crippen molar-refractivity contribution in [2.24, 2.45) is 0 Å². The lowest BCUT2D eigenvalue weighted by Gasteiger charge is -2.39. The zero-order valence-corrected chi connectivity index (χ0v) is 12.9. The van der Waals surface area contributed by atoms with Gasteiger partial charge in [0.15, 0.2) is 0 Å². The van der Waals surface area contributed by atoms with Crippen molar-refractivity contribution in [3.63, 3.8) is 0 Å². The van der Waals surface area contributed by atoms with Crippen molar-refractivity contribution in [3.8, 4) is 0 Å². The van der Waals surface area contributed by atoms with Gasteiger partial charge in [0.05, 0.1) is 17.3 Å². The number of nitrogens with zero attached hydrogens (tertiary/aromatic N) is 5. The van der Waals surface area contributed by atoms with E-state index in [1.54, 1.807) is 12.4 Å². The topological polar surface area (TPSA) is 63.9 Å². The van der Waals surface area contributed by atoms with Gasteiger partial charge in [-0.25, -0.2) is 9.97 Å². The molecule has 0 N–H and O–H groups in total. The van der Waals surface area contributed by atoms with Crippen molar-refractivity contribution < 1.29 is 4.79 Å². The minimum absolute atomic E-state index is 0.0140. The molecule has 1 saturated heterocycles. The third-order valence-corrected chi connectivity index (χ3v) is 4.40. The molecule has 0 unspecified atom stereocenters. The molecule has 1 aliphatic carbocycles. The van der Waals surface area contributed by atoms with Crippen LogP contribution in [0.15, 0.2) is 18.5 Å². The van der Waals surface area contributed by atoms with E-state index in [2.05, 4.69) is 28.1 Å². The summed E-state index contributed by atoms with van der Waals surface area (Å²) in [6, 6.07) is 2.35. The highest BCUT2D eigenvalue weighted by atomic mass is 16.2. The van der Waals surface area contributed by atoms with Gasteiger partial charge in [0, 0.05) is 37.1 Å². The van der Waals surface area contributed by atoms with Crippen molar-refractivity contribution in [3.05, 3.63) is 41.2 Å². The fraction of sp³-hybridized carbons (Fsp3) is 0.500. The van der Waals surface area contributed by atoms with Gasteiger partial charge in [0.25, 0.3) is 5.91 Å². The Morgan fingerprint density at radius 2 is 1.86 bits per heavy atom. The molecule has 2 fully saturated rings. The molecular formula is C16H19N5O. The van der Waals surface area contributed by atoms with E-state index in [0.717, 1.165) is 17.2 Å². The SMILES string of the molecule is Cc1cc(C)n(C2CN(C(=O)c3cnc(C4CC4)nc3)C2)n1. The van der Waals surface area contributed by atoms with Crippen molar-refractivity contribution >= 4 is 5.91 Å². The van der Waals surface area contributed by atoms with Crippen molar-refractivity contribution in [2.45, 2.75) is 38.6 Å². The van der Waals surface area contributed by atoms with Crippen LogP contribution in [0.5, 0.6) is 0 Å². The van der Waals surface area contributed by atoms with E-state index in [-0.39, 0.29) is 11.9 Å². The molecule has 114 valence electrons. The Labute approximate surface area is 129 Å². The summed E-state index contributed by atoms with van der Waals surface area (Å²) < 4.78 is 2.02. The van der Waals surface area contributed by atoms with E-state index in [4.69, 9.17) is 0 Å². The lowest BCUT2D eigenvalue weighted by atomic mass is 10.1. The van der Waals surface area contributed by atoms with E-state index in [9.17, 15) is 4.79 Å². The first-order chi connectivity index (χ1) is 10.6. The Bertz CT molecular complexity index is 711. The number of likely N-dealkylation sites (tertiary alicyclic amines) is 1. The second-order valence-electron chi connectivity index (χ2n) is 6.34. The van der Waals surface area contributed by atoms with E-state index in [1.807, 2.05) is 16.5 Å². The molecule has 22 heavy (non-hydrogen) atoms. The summed E-state index contributed by atoms with van der Waals surface area (Å²) in [4.78, 5) is 22.9. The molecule has 0 aromatic carbocycles. The number of hydrogen-bond acceptors (Lipinski definition) is 4. The molecule has 0 atom stereocenters. The Hall–Kier alpha value is -2.24. The van der Waals surface area contributed by atoms with Crippen molar-refractivity contribution in [2.75, 3.05) is 13.1 Å². The smallest absolute Gasteiger partial charge is 0.257 e. The first kappa shape index (κ1) is 13.4. The summed E-state index contributed by atoms with van der Waals surface area (Å²) in [5.41, 5.74) is 2.74. The summed E-state index contributed by atoms with van der Waals surface area (Å²) in [7, 11) is 0.